The molecule has 0 N–H and O–H groups in total. The molecule has 2 atom stereocenters. The summed E-state index contributed by atoms with van der Waals surface area (Å²) in [7, 11) is -5.47. The van der Waals surface area contributed by atoms with Crippen molar-refractivity contribution in [3.8, 4) is 0 Å². The van der Waals surface area contributed by atoms with Crippen molar-refractivity contribution in [1.29, 1.82) is 0 Å². The molecule has 6 nitrogen and oxygen atoms in total. The van der Waals surface area contributed by atoms with Crippen molar-refractivity contribution in [1.82, 2.24) is 0 Å². The Morgan fingerprint density at radius 1 is 1.08 bits per heavy atom. The van der Waals surface area contributed by atoms with Crippen LogP contribution < -0.4 is 0 Å². The molecule has 154 valence electrons. The molecule has 0 fully saturated rings. The highest BCUT2D eigenvalue weighted by Crippen LogP contribution is 2.53. The van der Waals surface area contributed by atoms with Crippen molar-refractivity contribution in [2.24, 2.45) is 0 Å². The van der Waals surface area contributed by atoms with Crippen molar-refractivity contribution in [2.75, 3.05) is 13.2 Å². The normalized spacial score (nSPS) is 16.1. The van der Waals surface area contributed by atoms with Gasteiger partial charge in [0.05, 0.1) is 13.2 Å². The van der Waals surface area contributed by atoms with Crippen LogP contribution >= 0.6 is 7.60 Å². The first-order chi connectivity index (χ1) is 12.1. The molecular weight excluding hydrogens is 371 g/mol. The summed E-state index contributed by atoms with van der Waals surface area (Å²) in [5, 5.41) is 0. The van der Waals surface area contributed by atoms with E-state index in [1.807, 2.05) is 0 Å². The van der Waals surface area contributed by atoms with Gasteiger partial charge >= 0.3 is 7.60 Å². The first kappa shape index (κ1) is 25.7. The van der Waals surface area contributed by atoms with Gasteiger partial charge in [-0.05, 0) is 52.2 Å². The fraction of sp³-hybridized carbons (Fsp3) is 0.889. The predicted octanol–water partition coefficient (Wildman–Crippen LogP) is 4.97. The minimum atomic E-state index is -3.49. The minimum absolute atomic E-state index is 0.0994. The summed E-state index contributed by atoms with van der Waals surface area (Å²) in [6.07, 6.45) is 1.17. The Morgan fingerprint density at radius 2 is 1.54 bits per heavy atom. The van der Waals surface area contributed by atoms with Crippen LogP contribution in [0.5, 0.6) is 0 Å². The van der Waals surface area contributed by atoms with Crippen molar-refractivity contribution in [3.63, 3.8) is 0 Å². The van der Waals surface area contributed by atoms with Gasteiger partial charge in [-0.3, -0.25) is 9.36 Å². The molecule has 8 heteroatoms. The first-order valence-electron chi connectivity index (χ1n) is 9.69. The van der Waals surface area contributed by atoms with E-state index in [0.29, 0.717) is 0 Å². The number of ketones is 1. The molecule has 1 unspecified atom stereocenters. The zero-order valence-corrected chi connectivity index (χ0v) is 19.4. The van der Waals surface area contributed by atoms with E-state index in [1.54, 1.807) is 27.7 Å². The van der Waals surface area contributed by atoms with Crippen LogP contribution in [0.15, 0.2) is 0 Å². The number of aldehydes is 1. The van der Waals surface area contributed by atoms with Crippen LogP contribution in [0.2, 0.25) is 18.1 Å². The monoisotopic (exact) mass is 408 g/mol. The molecule has 0 aliphatic carbocycles. The Balaban J connectivity index is 5.13. The molecule has 0 saturated carbocycles. The number of Topliss-reactive ketones (excluding diaryl/α,β-unsaturated/α-hetero) is 1. The van der Waals surface area contributed by atoms with E-state index in [0.717, 1.165) is 24.4 Å². The zero-order chi connectivity index (χ0) is 20.4. The average molecular weight is 409 g/mol. The molecule has 0 spiro atoms. The van der Waals surface area contributed by atoms with E-state index in [1.165, 1.54) is 0 Å². The summed E-state index contributed by atoms with van der Waals surface area (Å²) in [5.41, 5.74) is -1.85. The van der Waals surface area contributed by atoms with Crippen molar-refractivity contribution >= 4 is 28.0 Å². The third kappa shape index (κ3) is 7.00. The van der Waals surface area contributed by atoms with Gasteiger partial charge in [-0.15, -0.1) is 0 Å². The van der Waals surface area contributed by atoms with Crippen molar-refractivity contribution < 1.29 is 27.6 Å². The molecule has 0 heterocycles. The summed E-state index contributed by atoms with van der Waals surface area (Å²) >= 11 is 0. The van der Waals surface area contributed by atoms with Crippen LogP contribution in [0, 0.1) is 0 Å². The van der Waals surface area contributed by atoms with E-state index in [4.69, 9.17) is 13.5 Å². The summed E-state index contributed by atoms with van der Waals surface area (Å²) in [5.74, 6) is -0.233. The number of hydrogen-bond acceptors (Lipinski definition) is 6. The Labute approximate surface area is 160 Å². The fourth-order valence-corrected chi connectivity index (χ4v) is 7.77. The summed E-state index contributed by atoms with van der Waals surface area (Å²) < 4.78 is 29.6. The molecule has 0 bridgehead atoms. The molecule has 0 aromatic carbocycles. The van der Waals surface area contributed by atoms with E-state index in [-0.39, 0.29) is 31.8 Å². The van der Waals surface area contributed by atoms with E-state index in [2.05, 4.69) is 20.8 Å². The number of rotatable bonds is 15. The van der Waals surface area contributed by atoms with Gasteiger partial charge in [-0.2, -0.15) is 0 Å². The van der Waals surface area contributed by atoms with Gasteiger partial charge in [0.25, 0.3) is 0 Å². The molecule has 0 radical (unpaired) electrons. The molecular formula is C18H37O6PSi. The molecule has 0 aliphatic rings. The highest BCUT2D eigenvalue weighted by atomic mass is 31.2. The second-order valence-corrected chi connectivity index (χ2v) is 13.9. The number of carbonyl (C=O) groups is 2. The average Bonchev–Trinajstić information content (AvgIpc) is 2.64. The lowest BCUT2D eigenvalue weighted by Gasteiger charge is -2.37. The van der Waals surface area contributed by atoms with Gasteiger partial charge in [-0.25, -0.2) is 0 Å². The first-order valence-corrected chi connectivity index (χ1v) is 13.8. The Bertz CT molecular complexity index is 476. The number of carbonyl (C=O) groups excluding carboxylic acids is 2. The predicted molar refractivity (Wildman–Crippen MR) is 107 cm³/mol. The maximum atomic E-state index is 12.8. The minimum Gasteiger partial charge on any atom is -0.405 e. The maximum Gasteiger partial charge on any atom is 0.340 e. The van der Waals surface area contributed by atoms with Gasteiger partial charge in [0.2, 0.25) is 0 Å². The topological polar surface area (TPSA) is 78.9 Å². The third-order valence-electron chi connectivity index (χ3n) is 5.06. The second-order valence-electron chi connectivity index (χ2n) is 6.79. The van der Waals surface area contributed by atoms with E-state index < -0.39 is 27.2 Å². The van der Waals surface area contributed by atoms with Crippen molar-refractivity contribution in [2.45, 2.75) is 90.7 Å². The van der Waals surface area contributed by atoms with Crippen LogP contribution in [-0.2, 0) is 27.6 Å². The molecule has 0 saturated heterocycles. The smallest absolute Gasteiger partial charge is 0.340 e. The van der Waals surface area contributed by atoms with Crippen LogP contribution in [-0.4, -0.2) is 44.9 Å². The van der Waals surface area contributed by atoms with Crippen LogP contribution in [0.4, 0.5) is 0 Å². The Hall–Kier alpha value is -0.333. The van der Waals surface area contributed by atoms with Gasteiger partial charge in [0.1, 0.15) is 23.3 Å². The molecule has 0 aromatic heterocycles. The van der Waals surface area contributed by atoms with Crippen molar-refractivity contribution in [3.05, 3.63) is 0 Å². The SMILES string of the molecule is CCOP(=O)(OCC)C(C)C(=O)CC[C@](C)(C=O)O[Si](CC)(CC)CC. The molecule has 0 rings (SSSR count). The largest absolute Gasteiger partial charge is 0.405 e. The Kier molecular flexibility index (Phi) is 11.3. The lowest BCUT2D eigenvalue weighted by molar-refractivity contribution is -0.124. The highest BCUT2D eigenvalue weighted by Gasteiger charge is 2.40. The maximum absolute atomic E-state index is 12.8. The van der Waals surface area contributed by atoms with E-state index in [9.17, 15) is 14.2 Å². The highest BCUT2D eigenvalue weighted by molar-refractivity contribution is 7.55. The third-order valence-corrected chi connectivity index (χ3v) is 12.3. The lowest BCUT2D eigenvalue weighted by Crippen LogP contribution is -2.47. The second kappa shape index (κ2) is 11.5. The zero-order valence-electron chi connectivity index (χ0n) is 17.5. The molecule has 26 heavy (non-hydrogen) atoms. The summed E-state index contributed by atoms with van der Waals surface area (Å²) in [4.78, 5) is 24.3. The quantitative estimate of drug-likeness (QED) is 0.216. The summed E-state index contributed by atoms with van der Waals surface area (Å²) in [6, 6.07) is 2.78. The Morgan fingerprint density at radius 3 is 1.88 bits per heavy atom. The lowest BCUT2D eigenvalue weighted by atomic mass is 10.00. The standard InChI is InChI=1S/C18H37O6PSi/c1-8-22-25(21,23-9-2)16(6)17(20)13-14-18(7,15-19)24-26(10-3,11-4)12-5/h15-16H,8-14H2,1-7H3/t16?,18-/m1/s1. The molecule has 0 aromatic rings. The van der Waals surface area contributed by atoms with Gasteiger partial charge in [0, 0.05) is 6.42 Å². The number of hydrogen-bond donors (Lipinski definition) is 0. The molecule has 0 aliphatic heterocycles. The summed E-state index contributed by atoms with van der Waals surface area (Å²) in [6.45, 7) is 13.4. The van der Waals surface area contributed by atoms with Gasteiger partial charge in [-0.1, -0.05) is 20.8 Å². The van der Waals surface area contributed by atoms with Crippen LogP contribution in [0.25, 0.3) is 0 Å². The fourth-order valence-electron chi connectivity index (χ4n) is 2.97. The van der Waals surface area contributed by atoms with Gasteiger partial charge in [0.15, 0.2) is 8.32 Å². The van der Waals surface area contributed by atoms with Gasteiger partial charge < -0.3 is 18.3 Å². The van der Waals surface area contributed by atoms with Crippen LogP contribution in [0.1, 0.15) is 61.3 Å². The van der Waals surface area contributed by atoms with E-state index >= 15 is 0 Å². The van der Waals surface area contributed by atoms with Crippen LogP contribution in [0.3, 0.4) is 0 Å². The molecule has 0 amide bonds.